The van der Waals surface area contributed by atoms with E-state index >= 15 is 0 Å². The molecule has 0 unspecified atom stereocenters. The Morgan fingerprint density at radius 1 is 1.57 bits per heavy atom. The second kappa shape index (κ2) is 4.95. The van der Waals surface area contributed by atoms with Crippen molar-refractivity contribution in [3.8, 4) is 0 Å². The maximum Gasteiger partial charge on any atom is 0.330 e. The Morgan fingerprint density at radius 2 is 2.36 bits per heavy atom. The number of carbonyl (C=O) groups is 1. The van der Waals surface area contributed by atoms with Crippen LogP contribution in [-0.4, -0.2) is 27.8 Å². The Bertz CT molecular complexity index is 408. The number of aromatic nitrogens is 3. The molecule has 75 valence electrons. The molecule has 1 radical (unpaired) electrons. The van der Waals surface area contributed by atoms with Crippen LogP contribution in [0.5, 0.6) is 0 Å². The quantitative estimate of drug-likeness (QED) is 0.345. The van der Waals surface area contributed by atoms with Crippen molar-refractivity contribution >= 4 is 6.47 Å². The highest BCUT2D eigenvalue weighted by Crippen LogP contribution is 1.83. The molecule has 0 spiro atoms. The number of ether oxygens (including phenoxy) is 1. The lowest BCUT2D eigenvalue weighted by atomic mass is 10.4. The number of nitrogens with zero attached hydrogens (tertiary/aromatic N) is 2. The van der Waals surface area contributed by atoms with Crippen LogP contribution in [0.4, 0.5) is 0 Å². The average molecular weight is 198 g/mol. The molecule has 1 aromatic rings. The van der Waals surface area contributed by atoms with Crippen molar-refractivity contribution in [3.63, 3.8) is 0 Å². The van der Waals surface area contributed by atoms with Crippen molar-refractivity contribution in [3.05, 3.63) is 27.0 Å². The third kappa shape index (κ3) is 2.54. The van der Waals surface area contributed by atoms with Crippen LogP contribution in [0.2, 0.25) is 0 Å². The summed E-state index contributed by atoms with van der Waals surface area (Å²) in [4.78, 5) is 31.6. The molecule has 1 heterocycles. The minimum Gasteiger partial charge on any atom is -0.468 e. The first-order valence-electron chi connectivity index (χ1n) is 3.88. The van der Waals surface area contributed by atoms with Crippen molar-refractivity contribution in [2.45, 2.75) is 13.0 Å². The molecule has 0 atom stereocenters. The highest BCUT2D eigenvalue weighted by molar-refractivity contribution is 5.36. The van der Waals surface area contributed by atoms with Gasteiger partial charge in [-0.05, 0) is 6.42 Å². The first kappa shape index (κ1) is 10.2. The van der Waals surface area contributed by atoms with E-state index in [-0.39, 0.29) is 13.2 Å². The molecule has 7 heteroatoms. The number of carbonyl (C=O) groups excluding carboxylic acids is 1. The maximum absolute atomic E-state index is 11.1. The van der Waals surface area contributed by atoms with Gasteiger partial charge < -0.3 is 4.74 Å². The second-order valence-electron chi connectivity index (χ2n) is 2.43. The predicted molar refractivity (Wildman–Crippen MR) is 44.6 cm³/mol. The third-order valence-electron chi connectivity index (χ3n) is 1.48. The molecule has 0 aliphatic rings. The van der Waals surface area contributed by atoms with E-state index in [0.29, 0.717) is 12.9 Å². The summed E-state index contributed by atoms with van der Waals surface area (Å²) in [7, 11) is 0. The number of nitrogens with one attached hydrogen (secondary N) is 1. The Labute approximate surface area is 78.3 Å². The van der Waals surface area contributed by atoms with Crippen molar-refractivity contribution in [1.29, 1.82) is 0 Å². The van der Waals surface area contributed by atoms with E-state index in [1.54, 1.807) is 0 Å². The Morgan fingerprint density at radius 3 is 3.07 bits per heavy atom. The van der Waals surface area contributed by atoms with Gasteiger partial charge in [-0.15, -0.1) is 0 Å². The number of rotatable bonds is 5. The number of hydrogen-bond acceptors (Lipinski definition) is 5. The van der Waals surface area contributed by atoms with Gasteiger partial charge in [-0.25, -0.2) is 5.10 Å². The van der Waals surface area contributed by atoms with E-state index in [2.05, 4.69) is 16.2 Å². The van der Waals surface area contributed by atoms with Crippen LogP contribution in [0.1, 0.15) is 6.42 Å². The van der Waals surface area contributed by atoms with Crippen LogP contribution >= 0.6 is 0 Å². The lowest BCUT2D eigenvalue weighted by Crippen LogP contribution is -2.37. The van der Waals surface area contributed by atoms with Gasteiger partial charge in [0.25, 0.3) is 6.47 Å². The van der Waals surface area contributed by atoms with Gasteiger partial charge in [0.1, 0.15) is 0 Å². The summed E-state index contributed by atoms with van der Waals surface area (Å²) >= 11 is 0. The van der Waals surface area contributed by atoms with E-state index < -0.39 is 11.1 Å². The largest absolute Gasteiger partial charge is 0.468 e. The van der Waals surface area contributed by atoms with Crippen molar-refractivity contribution in [2.24, 2.45) is 0 Å². The first-order valence-corrected chi connectivity index (χ1v) is 3.88. The molecule has 1 aromatic heterocycles. The van der Waals surface area contributed by atoms with Crippen molar-refractivity contribution in [2.75, 3.05) is 6.61 Å². The summed E-state index contributed by atoms with van der Waals surface area (Å²) in [5, 5.41) is 5.29. The molecule has 0 amide bonds. The van der Waals surface area contributed by atoms with Crippen molar-refractivity contribution in [1.82, 2.24) is 14.8 Å². The molecule has 7 nitrogen and oxygen atoms in total. The molecule has 1 N–H and O–H groups in total. The van der Waals surface area contributed by atoms with Crippen LogP contribution in [0.25, 0.3) is 0 Å². The summed E-state index contributed by atoms with van der Waals surface area (Å²) in [6, 6.07) is 0. The van der Waals surface area contributed by atoms with Crippen LogP contribution in [0, 0.1) is 6.33 Å². The fourth-order valence-electron chi connectivity index (χ4n) is 0.858. The van der Waals surface area contributed by atoms with Gasteiger partial charge in [0.05, 0.1) is 6.61 Å². The summed E-state index contributed by atoms with van der Waals surface area (Å²) in [6.45, 7) is 0.753. The van der Waals surface area contributed by atoms with Gasteiger partial charge in [-0.2, -0.15) is 5.10 Å². The third-order valence-corrected chi connectivity index (χ3v) is 1.48. The zero-order valence-corrected chi connectivity index (χ0v) is 7.23. The van der Waals surface area contributed by atoms with Crippen molar-refractivity contribution < 1.29 is 9.53 Å². The zero-order valence-electron chi connectivity index (χ0n) is 7.23. The summed E-state index contributed by atoms with van der Waals surface area (Å²) < 4.78 is 5.44. The van der Waals surface area contributed by atoms with Gasteiger partial charge in [0.15, 0.2) is 0 Å². The SMILES string of the molecule is O=COCCCn1[c]n[nH]c(=O)c1=O. The molecule has 0 saturated heterocycles. The topological polar surface area (TPSA) is 94.1 Å². The van der Waals surface area contributed by atoms with Gasteiger partial charge >= 0.3 is 11.1 Å². The minimum absolute atomic E-state index is 0.191. The van der Waals surface area contributed by atoms with Gasteiger partial charge in [0.2, 0.25) is 6.33 Å². The van der Waals surface area contributed by atoms with E-state index in [0.717, 1.165) is 4.57 Å². The minimum atomic E-state index is -0.792. The van der Waals surface area contributed by atoms with Crippen LogP contribution in [0.15, 0.2) is 9.59 Å². The van der Waals surface area contributed by atoms with Gasteiger partial charge in [-0.3, -0.25) is 19.0 Å². The lowest BCUT2D eigenvalue weighted by molar-refractivity contribution is -0.128. The molecule has 0 aliphatic carbocycles. The maximum atomic E-state index is 11.1. The van der Waals surface area contributed by atoms with E-state index in [4.69, 9.17) is 0 Å². The molecule has 14 heavy (non-hydrogen) atoms. The number of hydrogen-bond donors (Lipinski definition) is 1. The number of aryl methyl sites for hydroxylation is 1. The predicted octanol–water partition coefficient (Wildman–Crippen LogP) is -1.71. The summed E-state index contributed by atoms with van der Waals surface area (Å²) in [5.41, 5.74) is -1.51. The fourth-order valence-corrected chi connectivity index (χ4v) is 0.858. The molecule has 0 fully saturated rings. The van der Waals surface area contributed by atoms with E-state index in [1.807, 2.05) is 5.10 Å². The van der Waals surface area contributed by atoms with E-state index in [9.17, 15) is 14.4 Å². The molecular weight excluding hydrogens is 190 g/mol. The van der Waals surface area contributed by atoms with Crippen LogP contribution in [0.3, 0.4) is 0 Å². The van der Waals surface area contributed by atoms with Gasteiger partial charge in [0, 0.05) is 6.54 Å². The fraction of sp³-hybridized carbons (Fsp3) is 0.429. The standard InChI is InChI=1S/C7H8N3O4/c11-5-14-3-1-2-10-4-8-9-6(12)7(10)13/h5H,1-3H2,(H,9,12). The molecular formula is C7H8N3O4. The molecule has 1 rings (SSSR count). The van der Waals surface area contributed by atoms with Gasteiger partial charge in [-0.1, -0.05) is 0 Å². The monoisotopic (exact) mass is 198 g/mol. The lowest BCUT2D eigenvalue weighted by Gasteiger charge is -2.01. The zero-order chi connectivity index (χ0) is 10.4. The Hall–Kier alpha value is -1.92. The number of aromatic amines is 1. The molecule has 0 bridgehead atoms. The average Bonchev–Trinajstić information content (AvgIpc) is 2.19. The van der Waals surface area contributed by atoms with Crippen LogP contribution in [-0.2, 0) is 16.1 Å². The highest BCUT2D eigenvalue weighted by atomic mass is 16.5. The summed E-state index contributed by atoms with van der Waals surface area (Å²) in [5.74, 6) is 0. The first-order chi connectivity index (χ1) is 6.75. The Balaban J connectivity index is 2.59. The smallest absolute Gasteiger partial charge is 0.330 e. The van der Waals surface area contributed by atoms with Crippen LogP contribution < -0.4 is 11.1 Å². The molecule has 0 aromatic carbocycles. The molecule has 0 aliphatic heterocycles. The second-order valence-corrected chi connectivity index (χ2v) is 2.43. The van der Waals surface area contributed by atoms with E-state index in [1.165, 1.54) is 0 Å². The number of H-pyrrole nitrogens is 1. The highest BCUT2D eigenvalue weighted by Gasteiger charge is 2.00. The summed E-state index contributed by atoms with van der Waals surface area (Å²) in [6.07, 6.45) is 2.74. The normalized spacial score (nSPS) is 9.71. The Kier molecular flexibility index (Phi) is 3.59. The molecule has 0 saturated carbocycles.